The van der Waals surface area contributed by atoms with E-state index in [0.29, 0.717) is 16.7 Å². The van der Waals surface area contributed by atoms with E-state index in [4.69, 9.17) is 4.42 Å². The lowest BCUT2D eigenvalue weighted by molar-refractivity contribution is 0.0673. The molecule has 138 valence electrons. The minimum Gasteiger partial charge on any atom is -0.408 e. The Morgan fingerprint density at radius 2 is 1.89 bits per heavy atom. The smallest absolute Gasteiger partial charge is 0.408 e. The van der Waals surface area contributed by atoms with Crippen molar-refractivity contribution in [2.24, 2.45) is 0 Å². The van der Waals surface area contributed by atoms with Gasteiger partial charge in [0.05, 0.1) is 17.1 Å². The second-order valence-electron chi connectivity index (χ2n) is 6.87. The molecule has 6 nitrogen and oxygen atoms in total. The predicted octanol–water partition coefficient (Wildman–Crippen LogP) is 3.83. The van der Waals surface area contributed by atoms with Gasteiger partial charge in [-0.3, -0.25) is 14.3 Å². The highest BCUT2D eigenvalue weighted by Crippen LogP contribution is 2.39. The number of carbonyl (C=O) groups excluding carboxylic acids is 1. The molecule has 28 heavy (non-hydrogen) atoms. The van der Waals surface area contributed by atoms with Crippen LogP contribution < -0.4 is 5.76 Å². The summed E-state index contributed by atoms with van der Waals surface area (Å²) in [6.45, 7) is 2.11. The van der Waals surface area contributed by atoms with Crippen LogP contribution in [0.15, 0.2) is 76.2 Å². The fourth-order valence-electron chi connectivity index (χ4n) is 3.89. The Kier molecular flexibility index (Phi) is 3.65. The van der Waals surface area contributed by atoms with Crippen molar-refractivity contribution in [3.05, 3.63) is 88.7 Å². The summed E-state index contributed by atoms with van der Waals surface area (Å²) in [5, 5.41) is 0. The number of fused-ring (bicyclic) bond motifs is 2. The van der Waals surface area contributed by atoms with Crippen molar-refractivity contribution < 1.29 is 9.21 Å². The number of rotatable bonds is 3. The molecule has 0 bridgehead atoms. The molecule has 0 spiro atoms. The van der Waals surface area contributed by atoms with Crippen molar-refractivity contribution in [2.75, 3.05) is 0 Å². The topological polar surface area (TPSA) is 68.3 Å². The Morgan fingerprint density at radius 3 is 2.71 bits per heavy atom. The standard InChI is InChI=1S/C22H17N3O3/c1-14-16-7-4-8-17(15-6-5-11-23-12-15)20(16)21(26)24(14)13-25-18-9-2-3-10-19(18)28-22(25)27/h2-12,14H,13H2,1H3. The zero-order valence-corrected chi connectivity index (χ0v) is 15.2. The van der Waals surface area contributed by atoms with Gasteiger partial charge < -0.3 is 9.32 Å². The first-order valence-corrected chi connectivity index (χ1v) is 9.08. The molecule has 1 amide bonds. The molecule has 0 saturated carbocycles. The summed E-state index contributed by atoms with van der Waals surface area (Å²) in [6, 6.07) is 16.7. The van der Waals surface area contributed by atoms with Gasteiger partial charge in [0.1, 0.15) is 6.67 Å². The molecule has 1 atom stereocenters. The van der Waals surface area contributed by atoms with Crippen molar-refractivity contribution in [1.82, 2.24) is 14.5 Å². The predicted molar refractivity (Wildman–Crippen MR) is 105 cm³/mol. The van der Waals surface area contributed by atoms with E-state index in [-0.39, 0.29) is 18.6 Å². The fraction of sp³-hybridized carbons (Fsp3) is 0.136. The summed E-state index contributed by atoms with van der Waals surface area (Å²) in [6.07, 6.45) is 3.46. The van der Waals surface area contributed by atoms with Gasteiger partial charge >= 0.3 is 5.76 Å². The van der Waals surface area contributed by atoms with Crippen LogP contribution >= 0.6 is 0 Å². The van der Waals surface area contributed by atoms with Gasteiger partial charge in [-0.2, -0.15) is 0 Å². The van der Waals surface area contributed by atoms with E-state index in [1.807, 2.05) is 55.5 Å². The molecule has 6 heteroatoms. The van der Waals surface area contributed by atoms with Crippen LogP contribution in [-0.4, -0.2) is 20.4 Å². The molecule has 0 saturated heterocycles. The first kappa shape index (κ1) is 16.5. The number of benzene rings is 2. The van der Waals surface area contributed by atoms with Crippen LogP contribution in [0.2, 0.25) is 0 Å². The highest BCUT2D eigenvalue weighted by atomic mass is 16.4. The van der Waals surface area contributed by atoms with Gasteiger partial charge in [0.15, 0.2) is 5.58 Å². The van der Waals surface area contributed by atoms with Crippen molar-refractivity contribution >= 4 is 17.0 Å². The van der Waals surface area contributed by atoms with Gasteiger partial charge in [-0.15, -0.1) is 0 Å². The third kappa shape index (κ3) is 2.38. The first-order valence-electron chi connectivity index (χ1n) is 9.08. The second-order valence-corrected chi connectivity index (χ2v) is 6.87. The average Bonchev–Trinajstić information content (AvgIpc) is 3.18. The fourth-order valence-corrected chi connectivity index (χ4v) is 3.89. The third-order valence-corrected chi connectivity index (χ3v) is 5.33. The Morgan fingerprint density at radius 1 is 1.04 bits per heavy atom. The molecule has 3 heterocycles. The summed E-state index contributed by atoms with van der Waals surface area (Å²) in [4.78, 5) is 31.6. The molecule has 4 aromatic rings. The number of nitrogens with zero attached hydrogens (tertiary/aromatic N) is 3. The Balaban J connectivity index is 1.59. The van der Waals surface area contributed by atoms with Crippen molar-refractivity contribution in [1.29, 1.82) is 0 Å². The number of aromatic nitrogens is 2. The molecule has 0 radical (unpaired) electrons. The first-order chi connectivity index (χ1) is 13.6. The summed E-state index contributed by atoms with van der Waals surface area (Å²) < 4.78 is 6.81. The van der Waals surface area contributed by atoms with Crippen LogP contribution in [0, 0.1) is 0 Å². The maximum absolute atomic E-state index is 13.3. The highest BCUT2D eigenvalue weighted by Gasteiger charge is 2.36. The molecule has 0 aliphatic carbocycles. The third-order valence-electron chi connectivity index (χ3n) is 5.33. The van der Waals surface area contributed by atoms with Crippen molar-refractivity contribution in [3.63, 3.8) is 0 Å². The molecule has 1 unspecified atom stereocenters. The number of pyridine rings is 1. The summed E-state index contributed by atoms with van der Waals surface area (Å²) in [5.41, 5.74) is 4.56. The SMILES string of the molecule is CC1c2cccc(-c3cccnc3)c2C(=O)N1Cn1c(=O)oc2ccccc21. The monoisotopic (exact) mass is 371 g/mol. The van der Waals surface area contributed by atoms with Crippen LogP contribution in [0.1, 0.15) is 28.9 Å². The largest absolute Gasteiger partial charge is 0.421 e. The summed E-state index contributed by atoms with van der Waals surface area (Å²) in [5.74, 6) is -0.566. The number of oxazole rings is 1. The Bertz CT molecular complexity index is 1260. The number of hydrogen-bond acceptors (Lipinski definition) is 4. The maximum atomic E-state index is 13.3. The second kappa shape index (κ2) is 6.20. The van der Waals surface area contributed by atoms with Crippen molar-refractivity contribution in [2.45, 2.75) is 19.6 Å². The molecular weight excluding hydrogens is 354 g/mol. The van der Waals surface area contributed by atoms with E-state index in [1.54, 1.807) is 23.4 Å². The van der Waals surface area contributed by atoms with Crippen LogP contribution in [-0.2, 0) is 6.67 Å². The molecule has 1 aliphatic rings. The van der Waals surface area contributed by atoms with Crippen LogP contribution in [0.25, 0.3) is 22.2 Å². The average molecular weight is 371 g/mol. The zero-order chi connectivity index (χ0) is 19.3. The number of para-hydroxylation sites is 2. The summed E-state index contributed by atoms with van der Waals surface area (Å²) >= 11 is 0. The zero-order valence-electron chi connectivity index (χ0n) is 15.2. The van der Waals surface area contributed by atoms with E-state index in [9.17, 15) is 9.59 Å². The van der Waals surface area contributed by atoms with Gasteiger partial charge in [0.2, 0.25) is 0 Å². The van der Waals surface area contributed by atoms with Gasteiger partial charge in [-0.05, 0) is 36.2 Å². The Labute approximate surface area is 160 Å². The molecule has 0 fully saturated rings. The van der Waals surface area contributed by atoms with Crippen molar-refractivity contribution in [3.8, 4) is 11.1 Å². The number of carbonyl (C=O) groups is 1. The highest BCUT2D eigenvalue weighted by molar-refractivity contribution is 6.05. The molecule has 1 aliphatic heterocycles. The van der Waals surface area contributed by atoms with Crippen LogP contribution in [0.5, 0.6) is 0 Å². The van der Waals surface area contributed by atoms with Gasteiger partial charge in [0, 0.05) is 18.0 Å². The van der Waals surface area contributed by atoms with E-state index < -0.39 is 5.76 Å². The lowest BCUT2D eigenvalue weighted by Crippen LogP contribution is -2.32. The van der Waals surface area contributed by atoms with Crippen LogP contribution in [0.4, 0.5) is 0 Å². The molecular formula is C22H17N3O3. The molecule has 5 rings (SSSR count). The van der Waals surface area contributed by atoms with E-state index in [1.165, 1.54) is 4.57 Å². The van der Waals surface area contributed by atoms with Gasteiger partial charge in [-0.25, -0.2) is 4.79 Å². The lowest BCUT2D eigenvalue weighted by atomic mass is 9.96. The van der Waals surface area contributed by atoms with E-state index >= 15 is 0 Å². The minimum atomic E-state index is -0.468. The summed E-state index contributed by atoms with van der Waals surface area (Å²) in [7, 11) is 0. The van der Waals surface area contributed by atoms with E-state index in [2.05, 4.69) is 4.98 Å². The quantitative estimate of drug-likeness (QED) is 0.549. The molecule has 2 aromatic heterocycles. The molecule has 2 aromatic carbocycles. The van der Waals surface area contributed by atoms with Gasteiger partial charge in [0.25, 0.3) is 5.91 Å². The maximum Gasteiger partial charge on any atom is 0.421 e. The van der Waals surface area contributed by atoms with Gasteiger partial charge in [-0.1, -0.05) is 36.4 Å². The number of hydrogen-bond donors (Lipinski definition) is 0. The molecule has 0 N–H and O–H groups in total. The van der Waals surface area contributed by atoms with Crippen LogP contribution in [0.3, 0.4) is 0 Å². The minimum absolute atomic E-state index is 0.0980. The number of amides is 1. The van der Waals surface area contributed by atoms with E-state index in [0.717, 1.165) is 16.7 Å². The Hall–Kier alpha value is -3.67. The normalized spacial score (nSPS) is 16.0. The lowest BCUT2D eigenvalue weighted by Gasteiger charge is -2.22.